The van der Waals surface area contributed by atoms with Crippen LogP contribution in [0.15, 0.2) is 29.7 Å². The van der Waals surface area contributed by atoms with Crippen LogP contribution in [-0.2, 0) is 21.0 Å². The Morgan fingerprint density at radius 3 is 2.23 bits per heavy atom. The van der Waals surface area contributed by atoms with E-state index in [4.69, 9.17) is 24.6 Å². The monoisotopic (exact) mass is 374 g/mol. The maximum absolute atomic E-state index is 10.7. The lowest BCUT2D eigenvalue weighted by Gasteiger charge is -2.08. The minimum Gasteiger partial charge on any atom is -0.741 e. The van der Waals surface area contributed by atoms with Crippen molar-refractivity contribution in [1.29, 1.82) is 0 Å². The van der Waals surface area contributed by atoms with Crippen LogP contribution in [0.1, 0.15) is 18.4 Å². The number of benzene rings is 1. The van der Waals surface area contributed by atoms with Crippen molar-refractivity contribution in [1.82, 2.24) is 0 Å². The average Bonchev–Trinajstić information content (AvgIpc) is 2.88. The second-order valence-electron chi connectivity index (χ2n) is 4.41. The average molecular weight is 375 g/mol. The summed E-state index contributed by atoms with van der Waals surface area (Å²) in [5, 5.41) is 3.18. The molecule has 1 aliphatic rings. The molecule has 2 rings (SSSR count). The fourth-order valence-corrected chi connectivity index (χ4v) is 3.77. The smallest absolute Gasteiger partial charge is 0.485 e. The first-order valence-corrected chi connectivity index (χ1v) is 9.63. The Morgan fingerprint density at radius 1 is 1.23 bits per heavy atom. The molecule has 0 radical (unpaired) electrons. The van der Waals surface area contributed by atoms with Crippen LogP contribution in [0.25, 0.3) is 6.08 Å². The van der Waals surface area contributed by atoms with Gasteiger partial charge in [0.05, 0.1) is 0 Å². The van der Waals surface area contributed by atoms with Gasteiger partial charge >= 0.3 is 5.51 Å². The van der Waals surface area contributed by atoms with E-state index in [0.717, 1.165) is 5.02 Å². The van der Waals surface area contributed by atoms with Crippen LogP contribution in [0.4, 0.5) is 13.2 Å². The Bertz CT molecular complexity index is 609. The number of hydrogen-bond acceptors (Lipinski definition) is 3. The van der Waals surface area contributed by atoms with E-state index in [1.807, 2.05) is 18.2 Å². The van der Waals surface area contributed by atoms with E-state index < -0.39 is 15.6 Å². The van der Waals surface area contributed by atoms with Crippen LogP contribution in [0.5, 0.6) is 0 Å². The quantitative estimate of drug-likeness (QED) is 0.449. The topological polar surface area (TPSA) is 57.2 Å². The minimum atomic E-state index is -6.09. The van der Waals surface area contributed by atoms with E-state index in [1.165, 1.54) is 29.9 Å². The van der Waals surface area contributed by atoms with E-state index in [-0.39, 0.29) is 0 Å². The molecule has 1 aromatic rings. The Morgan fingerprint density at radius 2 is 1.77 bits per heavy atom. The lowest BCUT2D eigenvalue weighted by molar-refractivity contribution is -0.0517. The van der Waals surface area contributed by atoms with Gasteiger partial charge in [-0.2, -0.15) is 13.2 Å². The molecule has 9 heteroatoms. The molecule has 0 N–H and O–H groups in total. The van der Waals surface area contributed by atoms with Crippen LogP contribution in [0.2, 0.25) is 5.02 Å². The predicted octanol–water partition coefficient (Wildman–Crippen LogP) is 3.77. The van der Waals surface area contributed by atoms with Crippen LogP contribution < -0.4 is 0 Å². The second-order valence-corrected chi connectivity index (χ2v) is 8.38. The molecule has 0 spiro atoms. The normalized spacial score (nSPS) is 16.6. The van der Waals surface area contributed by atoms with Gasteiger partial charge in [0.25, 0.3) is 0 Å². The van der Waals surface area contributed by atoms with Crippen LogP contribution in [0.3, 0.4) is 0 Å². The lowest BCUT2D eigenvalue weighted by atomic mass is 10.2. The molecule has 1 aliphatic heterocycles. The van der Waals surface area contributed by atoms with Gasteiger partial charge in [-0.15, -0.1) is 0 Å². The van der Waals surface area contributed by atoms with Crippen LogP contribution >= 0.6 is 11.6 Å². The molecule has 0 amide bonds. The lowest BCUT2D eigenvalue weighted by Crippen LogP contribution is -2.21. The third kappa shape index (κ3) is 7.04. The largest absolute Gasteiger partial charge is 0.741 e. The summed E-state index contributed by atoms with van der Waals surface area (Å²) in [6, 6.07) is 8.02. The highest BCUT2D eigenvalue weighted by atomic mass is 35.5. The summed E-state index contributed by atoms with van der Waals surface area (Å²) in [6.45, 7) is 0. The van der Waals surface area contributed by atoms with Gasteiger partial charge in [-0.25, -0.2) is 8.42 Å². The standard InChI is InChI=1S/C12H14ClS.CHF3O3S/c13-12-5-3-4-11(10-12)6-9-14-7-1-2-8-14;2-1(3,4)8(5,6)7/h3-6,9-10H,1-2,7-8H2;(H,5,6,7)/q+1;/p-1. The zero-order valence-corrected chi connectivity index (χ0v) is 13.7. The fourth-order valence-electron chi connectivity index (χ4n) is 1.60. The molecule has 124 valence electrons. The molecule has 1 fully saturated rings. The van der Waals surface area contributed by atoms with Crippen molar-refractivity contribution >= 4 is 38.7 Å². The highest BCUT2D eigenvalue weighted by Crippen LogP contribution is 2.20. The van der Waals surface area contributed by atoms with Crippen LogP contribution in [-0.4, -0.2) is 30.0 Å². The van der Waals surface area contributed by atoms with Gasteiger partial charge in [0.1, 0.15) is 16.9 Å². The number of hydrogen-bond donors (Lipinski definition) is 0. The molecule has 0 aliphatic carbocycles. The SMILES string of the molecule is Clc1cccc(C=C[S+]2CCCC2)c1.O=S(=O)([O-])C(F)(F)F. The van der Waals surface area contributed by atoms with Crippen molar-refractivity contribution in [2.75, 3.05) is 11.5 Å². The molecule has 1 heterocycles. The first-order valence-electron chi connectivity index (χ1n) is 6.22. The van der Waals surface area contributed by atoms with Crippen molar-refractivity contribution in [2.45, 2.75) is 18.3 Å². The molecule has 1 saturated heterocycles. The van der Waals surface area contributed by atoms with E-state index in [1.54, 1.807) is 0 Å². The first kappa shape index (κ1) is 19.3. The fraction of sp³-hybridized carbons (Fsp3) is 0.385. The molecule has 0 bridgehead atoms. The molecule has 22 heavy (non-hydrogen) atoms. The van der Waals surface area contributed by atoms with E-state index in [9.17, 15) is 13.2 Å². The maximum atomic E-state index is 10.7. The van der Waals surface area contributed by atoms with Gasteiger partial charge in [-0.1, -0.05) is 23.7 Å². The summed E-state index contributed by atoms with van der Waals surface area (Å²) in [6.07, 6.45) is 5.02. The Balaban J connectivity index is 0.000000261. The van der Waals surface area contributed by atoms with Crippen molar-refractivity contribution in [3.8, 4) is 0 Å². The number of alkyl halides is 3. The first-order chi connectivity index (χ1) is 10.1. The van der Waals surface area contributed by atoms with Gasteiger partial charge < -0.3 is 4.55 Å². The summed E-state index contributed by atoms with van der Waals surface area (Å²) >= 11 is 5.91. The molecule has 0 saturated carbocycles. The van der Waals surface area contributed by atoms with Crippen molar-refractivity contribution < 1.29 is 26.1 Å². The zero-order valence-electron chi connectivity index (χ0n) is 11.3. The summed E-state index contributed by atoms with van der Waals surface area (Å²) < 4.78 is 58.9. The minimum absolute atomic E-state index is 0.542. The van der Waals surface area contributed by atoms with E-state index >= 15 is 0 Å². The molecular formula is C13H14ClF3O3S2. The van der Waals surface area contributed by atoms with Gasteiger partial charge in [0, 0.05) is 15.9 Å². The van der Waals surface area contributed by atoms with Crippen molar-refractivity contribution in [2.24, 2.45) is 0 Å². The highest BCUT2D eigenvalue weighted by molar-refractivity contribution is 7.99. The molecular weight excluding hydrogens is 361 g/mol. The Hall–Kier alpha value is -0.700. The Labute approximate surface area is 135 Å². The van der Waals surface area contributed by atoms with Crippen LogP contribution in [0, 0.1) is 0 Å². The molecule has 0 unspecified atom stereocenters. The predicted molar refractivity (Wildman–Crippen MR) is 82.6 cm³/mol. The van der Waals surface area contributed by atoms with E-state index in [2.05, 4.69) is 17.6 Å². The van der Waals surface area contributed by atoms with Crippen molar-refractivity contribution in [3.05, 3.63) is 40.3 Å². The third-order valence-corrected chi connectivity index (χ3v) is 5.60. The van der Waals surface area contributed by atoms with Gasteiger partial charge in [0.2, 0.25) is 0 Å². The van der Waals surface area contributed by atoms with Gasteiger partial charge in [-0.3, -0.25) is 0 Å². The molecule has 1 aromatic carbocycles. The van der Waals surface area contributed by atoms with Gasteiger partial charge in [-0.05, 0) is 36.6 Å². The molecule has 3 nitrogen and oxygen atoms in total. The third-order valence-electron chi connectivity index (χ3n) is 2.65. The summed E-state index contributed by atoms with van der Waals surface area (Å²) in [5.74, 6) is 2.77. The summed E-state index contributed by atoms with van der Waals surface area (Å²) in [4.78, 5) is 0. The van der Waals surface area contributed by atoms with E-state index in [0.29, 0.717) is 10.9 Å². The molecule has 0 aromatic heterocycles. The number of rotatable bonds is 2. The molecule has 0 atom stereocenters. The van der Waals surface area contributed by atoms with Crippen molar-refractivity contribution in [3.63, 3.8) is 0 Å². The second kappa shape index (κ2) is 8.24. The summed E-state index contributed by atoms with van der Waals surface area (Å²) in [5.41, 5.74) is -4.43. The maximum Gasteiger partial charge on any atom is 0.485 e. The summed E-state index contributed by atoms with van der Waals surface area (Å²) in [7, 11) is -5.55. The highest BCUT2D eigenvalue weighted by Gasteiger charge is 2.36. The zero-order chi connectivity index (χ0) is 16.8. The number of halogens is 4. The Kier molecular flexibility index (Phi) is 7.24. The van der Waals surface area contributed by atoms with Gasteiger partial charge in [0.15, 0.2) is 10.1 Å².